The standard InChI is InChI=1S/C13H17FO/c1-9(2)10-7-5-6-8-11(10)12(15)13(3,4)14/h5-9H,1-4H3. The number of carbonyl (C=O) groups is 1. The van der Waals surface area contributed by atoms with E-state index in [-0.39, 0.29) is 5.92 Å². The molecule has 0 saturated carbocycles. The van der Waals surface area contributed by atoms with Crippen LogP contribution in [0.5, 0.6) is 0 Å². The number of hydrogen-bond donors (Lipinski definition) is 0. The molecule has 0 amide bonds. The Labute approximate surface area is 90.3 Å². The summed E-state index contributed by atoms with van der Waals surface area (Å²) in [4.78, 5) is 11.8. The van der Waals surface area contributed by atoms with Gasteiger partial charge in [0.25, 0.3) is 0 Å². The van der Waals surface area contributed by atoms with Gasteiger partial charge in [0.15, 0.2) is 11.5 Å². The molecule has 0 spiro atoms. The normalized spacial score (nSPS) is 11.9. The lowest BCUT2D eigenvalue weighted by molar-refractivity contribution is 0.0759. The summed E-state index contributed by atoms with van der Waals surface area (Å²) in [5, 5.41) is 0. The SMILES string of the molecule is CC(C)c1ccccc1C(=O)C(C)(C)F. The lowest BCUT2D eigenvalue weighted by Gasteiger charge is -2.17. The van der Waals surface area contributed by atoms with Crippen molar-refractivity contribution < 1.29 is 9.18 Å². The van der Waals surface area contributed by atoms with E-state index in [9.17, 15) is 9.18 Å². The van der Waals surface area contributed by atoms with Gasteiger partial charge in [-0.05, 0) is 25.3 Å². The maximum Gasteiger partial charge on any atom is 0.199 e. The molecule has 0 unspecified atom stereocenters. The van der Waals surface area contributed by atoms with E-state index in [1.807, 2.05) is 26.0 Å². The zero-order chi connectivity index (χ0) is 11.6. The van der Waals surface area contributed by atoms with Crippen molar-refractivity contribution in [1.82, 2.24) is 0 Å². The Hall–Kier alpha value is -1.18. The summed E-state index contributed by atoms with van der Waals surface area (Å²) in [7, 11) is 0. The fourth-order valence-corrected chi connectivity index (χ4v) is 1.53. The predicted octanol–water partition coefficient (Wildman–Crippen LogP) is 3.74. The van der Waals surface area contributed by atoms with Gasteiger partial charge in [0.2, 0.25) is 0 Å². The number of rotatable bonds is 3. The topological polar surface area (TPSA) is 17.1 Å². The van der Waals surface area contributed by atoms with Crippen molar-refractivity contribution in [3.05, 3.63) is 35.4 Å². The van der Waals surface area contributed by atoms with Crippen molar-refractivity contribution in [1.29, 1.82) is 0 Å². The van der Waals surface area contributed by atoms with Crippen LogP contribution >= 0.6 is 0 Å². The number of alkyl halides is 1. The molecular weight excluding hydrogens is 191 g/mol. The highest BCUT2D eigenvalue weighted by atomic mass is 19.1. The van der Waals surface area contributed by atoms with Gasteiger partial charge in [0, 0.05) is 5.56 Å². The van der Waals surface area contributed by atoms with E-state index >= 15 is 0 Å². The van der Waals surface area contributed by atoms with Gasteiger partial charge in [0.05, 0.1) is 0 Å². The maximum absolute atomic E-state index is 13.6. The molecule has 0 fully saturated rings. The number of halogens is 1. The van der Waals surface area contributed by atoms with Crippen molar-refractivity contribution in [2.24, 2.45) is 0 Å². The molecule has 15 heavy (non-hydrogen) atoms. The molecule has 1 rings (SSSR count). The quantitative estimate of drug-likeness (QED) is 0.691. The minimum Gasteiger partial charge on any atom is -0.291 e. The van der Waals surface area contributed by atoms with Crippen LogP contribution in [0, 0.1) is 0 Å². The maximum atomic E-state index is 13.6. The van der Waals surface area contributed by atoms with Gasteiger partial charge < -0.3 is 0 Å². The van der Waals surface area contributed by atoms with Gasteiger partial charge in [-0.1, -0.05) is 38.1 Å². The molecule has 0 aliphatic rings. The first kappa shape index (κ1) is 11.9. The summed E-state index contributed by atoms with van der Waals surface area (Å²) in [6.07, 6.45) is 0. The van der Waals surface area contributed by atoms with Gasteiger partial charge in [-0.2, -0.15) is 0 Å². The molecule has 1 nitrogen and oxygen atoms in total. The minimum atomic E-state index is -1.80. The molecule has 2 heteroatoms. The third kappa shape index (κ3) is 2.65. The molecule has 0 aliphatic heterocycles. The van der Waals surface area contributed by atoms with Gasteiger partial charge in [-0.25, -0.2) is 4.39 Å². The Bertz CT molecular complexity index is 361. The third-order valence-electron chi connectivity index (χ3n) is 2.37. The second-order valence-electron chi connectivity index (χ2n) is 4.54. The minimum absolute atomic E-state index is 0.229. The van der Waals surface area contributed by atoms with Gasteiger partial charge in [-0.15, -0.1) is 0 Å². The zero-order valence-corrected chi connectivity index (χ0v) is 9.67. The van der Waals surface area contributed by atoms with E-state index in [4.69, 9.17) is 0 Å². The van der Waals surface area contributed by atoms with Crippen molar-refractivity contribution in [3.63, 3.8) is 0 Å². The van der Waals surface area contributed by atoms with Crippen LogP contribution < -0.4 is 0 Å². The number of benzene rings is 1. The van der Waals surface area contributed by atoms with E-state index in [2.05, 4.69) is 0 Å². The highest BCUT2D eigenvalue weighted by Crippen LogP contribution is 2.24. The summed E-state index contributed by atoms with van der Waals surface area (Å²) >= 11 is 0. The van der Waals surface area contributed by atoms with Crippen molar-refractivity contribution in [2.45, 2.75) is 39.3 Å². The van der Waals surface area contributed by atoms with Crippen LogP contribution in [0.4, 0.5) is 4.39 Å². The smallest absolute Gasteiger partial charge is 0.199 e. The van der Waals surface area contributed by atoms with Gasteiger partial charge in [-0.3, -0.25) is 4.79 Å². The first-order valence-corrected chi connectivity index (χ1v) is 5.16. The first-order valence-electron chi connectivity index (χ1n) is 5.16. The predicted molar refractivity (Wildman–Crippen MR) is 60.0 cm³/mol. The molecular formula is C13H17FO. The van der Waals surface area contributed by atoms with E-state index in [0.717, 1.165) is 5.56 Å². The summed E-state index contributed by atoms with van der Waals surface area (Å²) in [5.74, 6) is -0.209. The van der Waals surface area contributed by atoms with Crippen LogP contribution in [0.1, 0.15) is 49.5 Å². The first-order chi connectivity index (χ1) is 6.84. The van der Waals surface area contributed by atoms with Crippen LogP contribution in [0.15, 0.2) is 24.3 Å². The molecule has 0 N–H and O–H groups in total. The van der Waals surface area contributed by atoms with E-state index in [1.54, 1.807) is 12.1 Å². The fraction of sp³-hybridized carbons (Fsp3) is 0.462. The summed E-state index contributed by atoms with van der Waals surface area (Å²) in [6, 6.07) is 7.21. The molecule has 1 aromatic rings. The van der Waals surface area contributed by atoms with Crippen molar-refractivity contribution >= 4 is 5.78 Å². The zero-order valence-electron chi connectivity index (χ0n) is 9.67. The molecule has 0 bridgehead atoms. The largest absolute Gasteiger partial charge is 0.291 e. The Morgan fingerprint density at radius 2 is 1.80 bits per heavy atom. The van der Waals surface area contributed by atoms with Crippen LogP contribution in [0.2, 0.25) is 0 Å². The monoisotopic (exact) mass is 208 g/mol. The van der Waals surface area contributed by atoms with E-state index < -0.39 is 11.5 Å². The van der Waals surface area contributed by atoms with Crippen molar-refractivity contribution in [3.8, 4) is 0 Å². The van der Waals surface area contributed by atoms with Crippen LogP contribution in [-0.4, -0.2) is 11.5 Å². The molecule has 0 radical (unpaired) electrons. The Kier molecular flexibility index (Phi) is 3.28. The van der Waals surface area contributed by atoms with Crippen LogP contribution in [0.3, 0.4) is 0 Å². The Balaban J connectivity index is 3.20. The lowest BCUT2D eigenvalue weighted by atomic mass is 9.90. The molecule has 0 aliphatic carbocycles. The highest BCUT2D eigenvalue weighted by molar-refractivity contribution is 6.03. The second-order valence-corrected chi connectivity index (χ2v) is 4.54. The molecule has 0 atom stereocenters. The Morgan fingerprint density at radius 3 is 2.27 bits per heavy atom. The average Bonchev–Trinajstić information content (AvgIpc) is 2.15. The Morgan fingerprint density at radius 1 is 1.27 bits per heavy atom. The van der Waals surface area contributed by atoms with Crippen molar-refractivity contribution in [2.75, 3.05) is 0 Å². The number of hydrogen-bond acceptors (Lipinski definition) is 1. The number of Topliss-reactive ketones (excluding diaryl/α,β-unsaturated/α-hetero) is 1. The van der Waals surface area contributed by atoms with Gasteiger partial charge >= 0.3 is 0 Å². The van der Waals surface area contributed by atoms with Gasteiger partial charge in [0.1, 0.15) is 0 Å². The number of ketones is 1. The molecule has 82 valence electrons. The van der Waals surface area contributed by atoms with E-state index in [1.165, 1.54) is 13.8 Å². The molecule has 0 aromatic heterocycles. The van der Waals surface area contributed by atoms with Crippen LogP contribution in [-0.2, 0) is 0 Å². The molecule has 1 aromatic carbocycles. The lowest BCUT2D eigenvalue weighted by Crippen LogP contribution is -2.27. The average molecular weight is 208 g/mol. The highest BCUT2D eigenvalue weighted by Gasteiger charge is 2.29. The molecule has 0 saturated heterocycles. The van der Waals surface area contributed by atoms with E-state index in [0.29, 0.717) is 5.56 Å². The summed E-state index contributed by atoms with van der Waals surface area (Å²) in [5.41, 5.74) is -0.390. The fourth-order valence-electron chi connectivity index (χ4n) is 1.53. The number of carbonyl (C=O) groups excluding carboxylic acids is 1. The third-order valence-corrected chi connectivity index (χ3v) is 2.37. The second kappa shape index (κ2) is 4.13. The summed E-state index contributed by atoms with van der Waals surface area (Å²) in [6.45, 7) is 6.59. The van der Waals surface area contributed by atoms with Crippen LogP contribution in [0.25, 0.3) is 0 Å². The molecule has 0 heterocycles. The summed E-state index contributed by atoms with van der Waals surface area (Å²) < 4.78 is 13.6.